The number of hydrogen-bond donors (Lipinski definition) is 4. The summed E-state index contributed by atoms with van der Waals surface area (Å²) in [5, 5.41) is 40.8. The van der Waals surface area contributed by atoms with E-state index >= 15 is 0 Å². The lowest BCUT2D eigenvalue weighted by Gasteiger charge is -2.43. The van der Waals surface area contributed by atoms with Gasteiger partial charge in [0.15, 0.2) is 0 Å². The average Bonchev–Trinajstić information content (AvgIpc) is 3.29. The number of carbonyl (C=O) groups is 2. The van der Waals surface area contributed by atoms with Gasteiger partial charge in [0.1, 0.15) is 5.75 Å². The van der Waals surface area contributed by atoms with Crippen LogP contribution in [0, 0.1) is 17.8 Å². The van der Waals surface area contributed by atoms with Gasteiger partial charge in [0.2, 0.25) is 11.8 Å². The standard InChI is InChI=1S/C33H34B2N2O8/c1-44-19-22-16-25-31(33(40)37(32(25)39)24-9-6-8-23(17-24)35(42)43)26-18-34(41)45-29(30(22)26)13-12-20(27-10-4-5-14-36-27)15-21-7-2-3-11-28(21)38/h2-11,14-15,17,25-26,29,31,38,41-43H,12-13,16,18-19H2,1H3/b20-15-/t25-,26+,29-,31-/m1/s1. The first-order valence-electron chi connectivity index (χ1n) is 15.0. The predicted molar refractivity (Wildman–Crippen MR) is 170 cm³/mol. The first kappa shape index (κ1) is 30.9. The summed E-state index contributed by atoms with van der Waals surface area (Å²) in [5.74, 6) is -2.39. The van der Waals surface area contributed by atoms with Crippen molar-refractivity contribution in [3.63, 3.8) is 0 Å². The van der Waals surface area contributed by atoms with Crippen molar-refractivity contribution in [2.24, 2.45) is 17.8 Å². The molecule has 2 amide bonds. The monoisotopic (exact) mass is 608 g/mol. The third-order valence-corrected chi connectivity index (χ3v) is 8.99. The molecular weight excluding hydrogens is 574 g/mol. The molecule has 230 valence electrons. The van der Waals surface area contributed by atoms with Gasteiger partial charge in [-0.05, 0) is 90.1 Å². The van der Waals surface area contributed by atoms with Gasteiger partial charge < -0.3 is 29.6 Å². The van der Waals surface area contributed by atoms with Crippen molar-refractivity contribution in [1.82, 2.24) is 4.98 Å². The van der Waals surface area contributed by atoms with Gasteiger partial charge in [-0.25, -0.2) is 0 Å². The van der Waals surface area contributed by atoms with Gasteiger partial charge in [-0.15, -0.1) is 0 Å². The van der Waals surface area contributed by atoms with Crippen molar-refractivity contribution in [3.8, 4) is 5.75 Å². The van der Waals surface area contributed by atoms with Crippen molar-refractivity contribution in [3.05, 3.63) is 95.3 Å². The molecule has 4 N–H and O–H groups in total. The maximum absolute atomic E-state index is 14.0. The number of nitrogens with zero attached hydrogens (tertiary/aromatic N) is 2. The highest BCUT2D eigenvalue weighted by molar-refractivity contribution is 6.58. The minimum Gasteiger partial charge on any atom is -0.507 e. The Morgan fingerprint density at radius 1 is 1.09 bits per heavy atom. The van der Waals surface area contributed by atoms with Crippen LogP contribution in [0.5, 0.6) is 5.75 Å². The van der Waals surface area contributed by atoms with Crippen LogP contribution >= 0.6 is 0 Å². The van der Waals surface area contributed by atoms with E-state index in [9.17, 15) is 29.8 Å². The van der Waals surface area contributed by atoms with Crippen molar-refractivity contribution < 1.29 is 39.2 Å². The van der Waals surface area contributed by atoms with Crippen molar-refractivity contribution in [1.29, 1.82) is 0 Å². The Bertz CT molecular complexity index is 1650. The molecule has 0 saturated carbocycles. The minimum atomic E-state index is -1.75. The van der Waals surface area contributed by atoms with Crippen molar-refractivity contribution in [2.75, 3.05) is 18.6 Å². The second-order valence-corrected chi connectivity index (χ2v) is 11.7. The molecule has 2 fully saturated rings. The average molecular weight is 608 g/mol. The molecule has 2 aromatic carbocycles. The number of phenols is 1. The van der Waals surface area contributed by atoms with E-state index in [0.717, 1.165) is 27.3 Å². The topological polar surface area (TPSA) is 150 Å². The molecule has 4 atom stereocenters. The summed E-state index contributed by atoms with van der Waals surface area (Å²) in [6.07, 6.45) is 4.45. The smallest absolute Gasteiger partial charge is 0.488 e. The number of anilines is 1. The summed E-state index contributed by atoms with van der Waals surface area (Å²) in [7, 11) is -1.31. The van der Waals surface area contributed by atoms with Crippen LogP contribution in [0.2, 0.25) is 6.32 Å². The summed E-state index contributed by atoms with van der Waals surface area (Å²) in [4.78, 5) is 33.5. The minimum absolute atomic E-state index is 0.145. The highest BCUT2D eigenvalue weighted by Crippen LogP contribution is 2.51. The largest absolute Gasteiger partial charge is 0.507 e. The van der Waals surface area contributed by atoms with E-state index in [2.05, 4.69) is 4.98 Å². The molecule has 6 rings (SSSR count). The molecule has 45 heavy (non-hydrogen) atoms. The third-order valence-electron chi connectivity index (χ3n) is 8.99. The number of ether oxygens (including phenoxy) is 1. The Morgan fingerprint density at radius 3 is 2.62 bits per heavy atom. The van der Waals surface area contributed by atoms with Crippen LogP contribution in [0.1, 0.15) is 30.5 Å². The Labute approximate surface area is 261 Å². The number of rotatable bonds is 9. The Hall–Kier alpha value is -4.06. The van der Waals surface area contributed by atoms with Crippen LogP contribution in [0.3, 0.4) is 0 Å². The molecule has 3 aromatic rings. The normalized spacial score (nSPS) is 23.3. The predicted octanol–water partition coefficient (Wildman–Crippen LogP) is 2.44. The summed E-state index contributed by atoms with van der Waals surface area (Å²) in [6.45, 7) is 0.249. The number of hydrogen-bond acceptors (Lipinski definition) is 9. The van der Waals surface area contributed by atoms with E-state index < -0.39 is 38.1 Å². The zero-order valence-electron chi connectivity index (χ0n) is 24.8. The summed E-state index contributed by atoms with van der Waals surface area (Å²) in [5.41, 5.74) is 4.46. The maximum Gasteiger partial charge on any atom is 0.488 e. The molecule has 0 spiro atoms. The Balaban J connectivity index is 1.33. The van der Waals surface area contributed by atoms with Gasteiger partial charge in [-0.1, -0.05) is 36.4 Å². The van der Waals surface area contributed by atoms with Crippen LogP contribution in [-0.4, -0.2) is 71.0 Å². The fraction of sp³-hybridized carbons (Fsp3) is 0.303. The fourth-order valence-corrected chi connectivity index (χ4v) is 7.06. The summed E-state index contributed by atoms with van der Waals surface area (Å²) < 4.78 is 11.7. The molecule has 10 nitrogen and oxygen atoms in total. The third kappa shape index (κ3) is 6.12. The summed E-state index contributed by atoms with van der Waals surface area (Å²) in [6, 6.07) is 18.8. The molecule has 1 aliphatic carbocycles. The van der Waals surface area contributed by atoms with Crippen LogP contribution in [0.25, 0.3) is 11.6 Å². The van der Waals surface area contributed by atoms with Crippen molar-refractivity contribution in [2.45, 2.75) is 31.7 Å². The summed E-state index contributed by atoms with van der Waals surface area (Å²) >= 11 is 0. The van der Waals surface area contributed by atoms with Gasteiger partial charge in [0, 0.05) is 18.9 Å². The molecule has 0 radical (unpaired) electrons. The fourth-order valence-electron chi connectivity index (χ4n) is 7.06. The zero-order chi connectivity index (χ0) is 31.7. The second kappa shape index (κ2) is 13.1. The molecule has 3 aliphatic rings. The molecular formula is C33H34B2N2O8. The van der Waals surface area contributed by atoms with E-state index in [-0.39, 0.29) is 41.6 Å². The van der Waals surface area contributed by atoms with Crippen LogP contribution in [0.4, 0.5) is 5.69 Å². The number of benzene rings is 2. The number of para-hydroxylation sites is 1. The van der Waals surface area contributed by atoms with Crippen molar-refractivity contribution >= 4 is 48.9 Å². The van der Waals surface area contributed by atoms with Gasteiger partial charge in [0.05, 0.1) is 35.9 Å². The molecule has 12 heteroatoms. The first-order chi connectivity index (χ1) is 21.8. The molecule has 2 saturated heterocycles. The molecule has 2 aliphatic heterocycles. The molecule has 3 heterocycles. The number of imide groups is 1. The quantitative estimate of drug-likeness (QED) is 0.163. The number of pyridine rings is 1. The lowest BCUT2D eigenvalue weighted by Crippen LogP contribution is -2.46. The molecule has 0 bridgehead atoms. The SMILES string of the molecule is COCC1=C2[C@@H](CC/C(=C/c3ccccc3O)c3ccccn3)OB(O)C[C@@H]2[C@@H]2C(=O)N(c3cccc(B(O)O)c3)C(=O)[C@@H]2C1. The number of methoxy groups -OCH3 is 1. The molecule has 1 aromatic heterocycles. The number of allylic oxidation sites excluding steroid dienone is 1. The highest BCUT2D eigenvalue weighted by atomic mass is 16.5. The van der Waals surface area contributed by atoms with Gasteiger partial charge in [-0.2, -0.15) is 0 Å². The number of phenolic OH excluding ortho intramolecular Hbond substituents is 1. The maximum atomic E-state index is 14.0. The van der Waals surface area contributed by atoms with Crippen LogP contribution < -0.4 is 10.4 Å². The first-order valence-corrected chi connectivity index (χ1v) is 15.0. The van der Waals surface area contributed by atoms with Gasteiger partial charge in [-0.3, -0.25) is 19.5 Å². The Morgan fingerprint density at radius 2 is 1.89 bits per heavy atom. The lowest BCUT2D eigenvalue weighted by atomic mass is 9.58. The van der Waals surface area contributed by atoms with E-state index in [1.807, 2.05) is 36.4 Å². The number of fused-ring (bicyclic) bond motifs is 3. The highest BCUT2D eigenvalue weighted by Gasteiger charge is 2.57. The van der Waals surface area contributed by atoms with E-state index in [1.165, 1.54) is 12.1 Å². The second-order valence-electron chi connectivity index (χ2n) is 11.7. The lowest BCUT2D eigenvalue weighted by molar-refractivity contribution is -0.122. The van der Waals surface area contributed by atoms with Gasteiger partial charge >= 0.3 is 14.2 Å². The van der Waals surface area contributed by atoms with Crippen LogP contribution in [0.15, 0.2) is 84.1 Å². The molecule has 0 unspecified atom stereocenters. The van der Waals surface area contributed by atoms with E-state index in [0.29, 0.717) is 24.8 Å². The number of aromatic nitrogens is 1. The van der Waals surface area contributed by atoms with E-state index in [1.54, 1.807) is 37.6 Å². The number of aromatic hydroxyl groups is 1. The number of carbonyl (C=O) groups excluding carboxylic acids is 2. The van der Waals surface area contributed by atoms with Crippen LogP contribution in [-0.2, 0) is 19.0 Å². The van der Waals surface area contributed by atoms with Gasteiger partial charge in [0.25, 0.3) is 0 Å². The Kier molecular flexibility index (Phi) is 9.02. The number of amides is 2. The van der Waals surface area contributed by atoms with E-state index in [4.69, 9.17) is 9.39 Å². The zero-order valence-corrected chi connectivity index (χ0v) is 24.8.